The number of benzene rings is 1. The first kappa shape index (κ1) is 14.1. The van der Waals surface area contributed by atoms with Crippen molar-refractivity contribution in [2.24, 2.45) is 12.1 Å². The summed E-state index contributed by atoms with van der Waals surface area (Å²) in [7, 11) is 2.09. The van der Waals surface area contributed by atoms with E-state index in [9.17, 15) is 0 Å². The van der Waals surface area contributed by atoms with E-state index in [0.717, 1.165) is 30.7 Å². The average molecular weight is 306 g/mol. The van der Waals surface area contributed by atoms with Crippen molar-refractivity contribution >= 4 is 28.0 Å². The smallest absolute Gasteiger partial charge is 0.0710 e. The summed E-state index contributed by atoms with van der Waals surface area (Å²) in [5.74, 6) is 0. The second-order valence-corrected chi connectivity index (χ2v) is 6.53. The van der Waals surface area contributed by atoms with E-state index in [1.165, 1.54) is 32.9 Å². The first-order valence-electron chi connectivity index (χ1n) is 8.18. The highest BCUT2D eigenvalue weighted by atomic mass is 15.3. The summed E-state index contributed by atoms with van der Waals surface area (Å²) >= 11 is 0. The molecule has 0 bridgehead atoms. The molecule has 1 aliphatic heterocycles. The molecule has 118 valence electrons. The standard InChI is InChI=1S/C19H22N4/c1-12-5-4-6-15-16-9-14-7-8-23(3)19(14)10-17(16)21-18(15)11-20-22-13(12)2/h7-11,21-22H,4-6H2,1-3H3/b13-12+,20-11+. The number of aryl methyl sites for hydroxylation is 2. The van der Waals surface area contributed by atoms with Gasteiger partial charge in [-0.3, -0.25) is 5.43 Å². The molecule has 3 aromatic rings. The van der Waals surface area contributed by atoms with E-state index in [-0.39, 0.29) is 0 Å². The summed E-state index contributed by atoms with van der Waals surface area (Å²) in [6, 6.07) is 6.73. The maximum atomic E-state index is 4.41. The van der Waals surface area contributed by atoms with Gasteiger partial charge in [-0.15, -0.1) is 0 Å². The monoisotopic (exact) mass is 306 g/mol. The van der Waals surface area contributed by atoms with E-state index in [4.69, 9.17) is 0 Å². The maximum absolute atomic E-state index is 4.41. The van der Waals surface area contributed by atoms with Crippen molar-refractivity contribution in [3.05, 3.63) is 46.9 Å². The number of H-pyrrole nitrogens is 1. The van der Waals surface area contributed by atoms with E-state index in [2.05, 4.69) is 65.4 Å². The van der Waals surface area contributed by atoms with Crippen LogP contribution < -0.4 is 5.43 Å². The Kier molecular flexibility index (Phi) is 3.26. The van der Waals surface area contributed by atoms with Crippen LogP contribution in [-0.2, 0) is 13.5 Å². The fourth-order valence-electron chi connectivity index (χ4n) is 3.42. The van der Waals surface area contributed by atoms with Gasteiger partial charge in [0.15, 0.2) is 0 Å². The largest absolute Gasteiger partial charge is 0.353 e. The van der Waals surface area contributed by atoms with Gasteiger partial charge in [0, 0.05) is 40.7 Å². The zero-order valence-electron chi connectivity index (χ0n) is 13.9. The van der Waals surface area contributed by atoms with E-state index < -0.39 is 0 Å². The van der Waals surface area contributed by atoms with Crippen LogP contribution in [0.1, 0.15) is 37.9 Å². The predicted octanol–water partition coefficient (Wildman–Crippen LogP) is 4.21. The molecular weight excluding hydrogens is 284 g/mol. The predicted molar refractivity (Wildman–Crippen MR) is 96.8 cm³/mol. The van der Waals surface area contributed by atoms with Gasteiger partial charge in [-0.25, -0.2) is 0 Å². The Hall–Kier alpha value is -2.49. The molecule has 2 N–H and O–H groups in total. The van der Waals surface area contributed by atoms with Crippen molar-refractivity contribution in [2.45, 2.75) is 33.1 Å². The Labute approximate surface area is 135 Å². The van der Waals surface area contributed by atoms with Gasteiger partial charge in [0.2, 0.25) is 0 Å². The van der Waals surface area contributed by atoms with Gasteiger partial charge in [-0.2, -0.15) is 5.10 Å². The van der Waals surface area contributed by atoms with Crippen LogP contribution in [0.15, 0.2) is 40.8 Å². The lowest BCUT2D eigenvalue weighted by Crippen LogP contribution is -2.07. The molecule has 4 nitrogen and oxygen atoms in total. The summed E-state index contributed by atoms with van der Waals surface area (Å²) in [4.78, 5) is 3.55. The molecule has 0 radical (unpaired) electrons. The molecule has 0 amide bonds. The highest BCUT2D eigenvalue weighted by molar-refractivity contribution is 6.01. The van der Waals surface area contributed by atoms with Gasteiger partial charge >= 0.3 is 0 Å². The lowest BCUT2D eigenvalue weighted by atomic mass is 10.0. The summed E-state index contributed by atoms with van der Waals surface area (Å²) in [5, 5.41) is 7.02. The number of fused-ring (bicyclic) bond motifs is 4. The van der Waals surface area contributed by atoms with Crippen LogP contribution in [0.5, 0.6) is 0 Å². The van der Waals surface area contributed by atoms with Crippen LogP contribution in [0.4, 0.5) is 0 Å². The number of nitrogens with zero attached hydrogens (tertiary/aromatic N) is 2. The molecule has 4 heteroatoms. The van der Waals surface area contributed by atoms with Crippen LogP contribution in [0, 0.1) is 0 Å². The molecular formula is C19H22N4. The molecule has 23 heavy (non-hydrogen) atoms. The molecule has 0 saturated carbocycles. The van der Waals surface area contributed by atoms with Crippen molar-refractivity contribution in [1.82, 2.24) is 15.0 Å². The van der Waals surface area contributed by atoms with Crippen molar-refractivity contribution in [3.8, 4) is 0 Å². The van der Waals surface area contributed by atoms with Crippen LogP contribution in [0.3, 0.4) is 0 Å². The molecule has 0 aliphatic carbocycles. The number of hydrazone groups is 1. The number of hydrogen-bond donors (Lipinski definition) is 2. The SMILES string of the molecule is C/C1=C(/C)N/N=C/c2[nH]c3cc4c(ccn4C)cc3c2CCC1. The fourth-order valence-corrected chi connectivity index (χ4v) is 3.42. The fraction of sp³-hybridized carbons (Fsp3) is 0.316. The number of nitrogens with one attached hydrogen (secondary N) is 2. The van der Waals surface area contributed by atoms with Crippen LogP contribution >= 0.6 is 0 Å². The van der Waals surface area contributed by atoms with Crippen LogP contribution in [-0.4, -0.2) is 15.8 Å². The Morgan fingerprint density at radius 3 is 2.91 bits per heavy atom. The quantitative estimate of drug-likeness (QED) is 0.642. The molecule has 1 aromatic carbocycles. The second kappa shape index (κ2) is 5.30. The molecule has 0 atom stereocenters. The minimum Gasteiger partial charge on any atom is -0.353 e. The summed E-state index contributed by atoms with van der Waals surface area (Å²) in [6.07, 6.45) is 7.37. The van der Waals surface area contributed by atoms with Gasteiger partial charge < -0.3 is 9.55 Å². The third-order valence-corrected chi connectivity index (χ3v) is 4.99. The Morgan fingerprint density at radius 1 is 1.17 bits per heavy atom. The number of rotatable bonds is 0. The number of aromatic amines is 1. The molecule has 1 aliphatic rings. The zero-order valence-corrected chi connectivity index (χ0v) is 13.9. The lowest BCUT2D eigenvalue weighted by Gasteiger charge is -2.10. The van der Waals surface area contributed by atoms with Crippen molar-refractivity contribution in [3.63, 3.8) is 0 Å². The van der Waals surface area contributed by atoms with Gasteiger partial charge in [0.1, 0.15) is 0 Å². The molecule has 2 aromatic heterocycles. The molecule has 0 spiro atoms. The van der Waals surface area contributed by atoms with Gasteiger partial charge in [-0.05, 0) is 56.9 Å². The van der Waals surface area contributed by atoms with Gasteiger partial charge in [0.05, 0.1) is 11.9 Å². The second-order valence-electron chi connectivity index (χ2n) is 6.53. The number of hydrogen-bond acceptors (Lipinski definition) is 2. The van der Waals surface area contributed by atoms with Crippen molar-refractivity contribution in [1.29, 1.82) is 0 Å². The third-order valence-electron chi connectivity index (χ3n) is 4.99. The first-order valence-corrected chi connectivity index (χ1v) is 8.18. The van der Waals surface area contributed by atoms with Crippen LogP contribution in [0.2, 0.25) is 0 Å². The molecule has 0 saturated heterocycles. The maximum Gasteiger partial charge on any atom is 0.0710 e. The highest BCUT2D eigenvalue weighted by Gasteiger charge is 2.13. The van der Waals surface area contributed by atoms with Crippen molar-refractivity contribution in [2.75, 3.05) is 0 Å². The van der Waals surface area contributed by atoms with Crippen molar-refractivity contribution < 1.29 is 0 Å². The molecule has 0 fully saturated rings. The van der Waals surface area contributed by atoms with E-state index in [1.54, 1.807) is 0 Å². The van der Waals surface area contributed by atoms with E-state index in [1.807, 2.05) is 6.21 Å². The molecule has 4 rings (SSSR count). The highest BCUT2D eigenvalue weighted by Crippen LogP contribution is 2.29. The Morgan fingerprint density at radius 2 is 2.04 bits per heavy atom. The first-order chi connectivity index (χ1) is 11.1. The number of allylic oxidation sites excluding steroid dienone is 2. The van der Waals surface area contributed by atoms with Crippen LogP contribution in [0.25, 0.3) is 21.8 Å². The number of aromatic nitrogens is 2. The molecule has 0 unspecified atom stereocenters. The molecule has 3 heterocycles. The summed E-state index contributed by atoms with van der Waals surface area (Å²) in [6.45, 7) is 4.27. The Bertz CT molecular complexity index is 953. The zero-order chi connectivity index (χ0) is 16.0. The minimum atomic E-state index is 1.07. The van der Waals surface area contributed by atoms with E-state index >= 15 is 0 Å². The van der Waals surface area contributed by atoms with Gasteiger partial charge in [-0.1, -0.05) is 5.57 Å². The lowest BCUT2D eigenvalue weighted by molar-refractivity contribution is 0.772. The summed E-state index contributed by atoms with van der Waals surface area (Å²) in [5.41, 5.74) is 10.6. The topological polar surface area (TPSA) is 45.1 Å². The summed E-state index contributed by atoms with van der Waals surface area (Å²) < 4.78 is 2.16. The van der Waals surface area contributed by atoms with E-state index in [0.29, 0.717) is 0 Å². The average Bonchev–Trinajstić information content (AvgIpc) is 3.06. The Balaban J connectivity index is 1.87. The minimum absolute atomic E-state index is 1.07. The third kappa shape index (κ3) is 2.34. The van der Waals surface area contributed by atoms with Gasteiger partial charge in [0.25, 0.3) is 0 Å². The normalized spacial score (nSPS) is 20.5.